The van der Waals surface area contributed by atoms with Gasteiger partial charge in [-0.05, 0) is 25.7 Å². The second-order valence-corrected chi connectivity index (χ2v) is 8.34. The normalized spacial score (nSPS) is 20.6. The third-order valence-corrected chi connectivity index (χ3v) is 7.06. The maximum Gasteiger partial charge on any atom is 0.227 e. The number of rotatable bonds is 3. The predicted molar refractivity (Wildman–Crippen MR) is 93.4 cm³/mol. The van der Waals surface area contributed by atoms with Crippen LogP contribution in [0.2, 0.25) is 0 Å². The van der Waals surface area contributed by atoms with E-state index in [0.717, 1.165) is 56.9 Å². The van der Waals surface area contributed by atoms with Gasteiger partial charge in [-0.3, -0.25) is 9.59 Å². The number of carbonyl (C=O) groups excluding carboxylic acids is 2. The van der Waals surface area contributed by atoms with Gasteiger partial charge in [-0.2, -0.15) is 0 Å². The standard InChI is InChI=1S/C18H25N2O2P/c21-17-12-6-2-8-14-19(17)23(16-10-4-1-5-11-16)20-15-9-3-7-13-18(20)22/h1,4-5,10-11H,2-3,6-9,12-15H2. The number of carbonyl (C=O) groups is 2. The molecule has 0 spiro atoms. The lowest BCUT2D eigenvalue weighted by Crippen LogP contribution is -2.39. The molecule has 0 unspecified atom stereocenters. The van der Waals surface area contributed by atoms with Crippen molar-refractivity contribution in [1.82, 2.24) is 9.34 Å². The molecule has 23 heavy (non-hydrogen) atoms. The Hall–Kier alpha value is -1.41. The Morgan fingerprint density at radius 3 is 1.74 bits per heavy atom. The maximum atomic E-state index is 12.7. The predicted octanol–water partition coefficient (Wildman–Crippen LogP) is 3.43. The first-order valence-corrected chi connectivity index (χ1v) is 9.98. The van der Waals surface area contributed by atoms with Gasteiger partial charge in [0.25, 0.3) is 0 Å². The third kappa shape index (κ3) is 3.92. The highest BCUT2D eigenvalue weighted by Gasteiger charge is 2.34. The van der Waals surface area contributed by atoms with Crippen LogP contribution in [-0.4, -0.2) is 34.2 Å². The lowest BCUT2D eigenvalue weighted by atomic mass is 10.2. The Morgan fingerprint density at radius 1 is 0.696 bits per heavy atom. The minimum absolute atomic E-state index is 0.217. The molecule has 0 aromatic heterocycles. The Morgan fingerprint density at radius 2 is 1.22 bits per heavy atom. The Balaban J connectivity index is 1.95. The highest BCUT2D eigenvalue weighted by molar-refractivity contribution is 7.62. The molecule has 2 fully saturated rings. The fourth-order valence-electron chi connectivity index (χ4n) is 3.31. The molecule has 0 N–H and O–H groups in total. The zero-order chi connectivity index (χ0) is 16.1. The molecule has 0 aliphatic carbocycles. The summed E-state index contributed by atoms with van der Waals surface area (Å²) in [4.78, 5) is 25.3. The molecule has 4 nitrogen and oxygen atoms in total. The molecule has 0 radical (unpaired) electrons. The Labute approximate surface area is 139 Å². The van der Waals surface area contributed by atoms with Gasteiger partial charge < -0.3 is 9.34 Å². The van der Waals surface area contributed by atoms with Gasteiger partial charge in [-0.15, -0.1) is 0 Å². The zero-order valence-corrected chi connectivity index (χ0v) is 14.5. The molecule has 2 aliphatic heterocycles. The molecule has 2 heterocycles. The van der Waals surface area contributed by atoms with Crippen LogP contribution in [0, 0.1) is 0 Å². The molecule has 3 rings (SSSR count). The molecule has 1 aromatic rings. The van der Waals surface area contributed by atoms with Crippen molar-refractivity contribution in [2.75, 3.05) is 13.1 Å². The molecular weight excluding hydrogens is 307 g/mol. The van der Waals surface area contributed by atoms with Gasteiger partial charge in [0.15, 0.2) is 0 Å². The fraction of sp³-hybridized carbons (Fsp3) is 0.556. The summed E-state index contributed by atoms with van der Waals surface area (Å²) in [7, 11) is -1.04. The zero-order valence-electron chi connectivity index (χ0n) is 13.6. The first kappa shape index (κ1) is 16.4. The van der Waals surface area contributed by atoms with Crippen LogP contribution in [0.15, 0.2) is 30.3 Å². The molecular formula is C18H25N2O2P. The van der Waals surface area contributed by atoms with Crippen LogP contribution in [0.3, 0.4) is 0 Å². The number of nitrogens with zero attached hydrogens (tertiary/aromatic N) is 2. The van der Waals surface area contributed by atoms with Crippen LogP contribution in [0.5, 0.6) is 0 Å². The van der Waals surface area contributed by atoms with Crippen molar-refractivity contribution in [1.29, 1.82) is 0 Å². The Kier molecular flexibility index (Phi) is 5.66. The number of benzene rings is 1. The monoisotopic (exact) mass is 332 g/mol. The van der Waals surface area contributed by atoms with Gasteiger partial charge in [0.2, 0.25) is 11.8 Å². The minimum atomic E-state index is -1.04. The molecule has 0 saturated carbocycles. The van der Waals surface area contributed by atoms with Crippen LogP contribution in [0.25, 0.3) is 0 Å². The van der Waals surface area contributed by atoms with E-state index in [1.807, 2.05) is 27.5 Å². The van der Waals surface area contributed by atoms with Gasteiger partial charge in [-0.25, -0.2) is 0 Å². The molecule has 2 aliphatic rings. The molecule has 5 heteroatoms. The second kappa shape index (κ2) is 7.92. The quantitative estimate of drug-likeness (QED) is 0.796. The number of hydrogen-bond acceptors (Lipinski definition) is 2. The SMILES string of the molecule is O=C1CCCCCN1P(c1ccccc1)N1CCCCCC1=O. The van der Waals surface area contributed by atoms with Crippen LogP contribution in [-0.2, 0) is 9.59 Å². The highest BCUT2D eigenvalue weighted by Crippen LogP contribution is 2.46. The van der Waals surface area contributed by atoms with Gasteiger partial charge in [0, 0.05) is 31.2 Å². The molecule has 0 bridgehead atoms. The van der Waals surface area contributed by atoms with E-state index in [4.69, 9.17) is 0 Å². The third-order valence-electron chi connectivity index (χ3n) is 4.54. The van der Waals surface area contributed by atoms with Gasteiger partial charge in [0.1, 0.15) is 8.22 Å². The van der Waals surface area contributed by atoms with Crippen LogP contribution in [0.1, 0.15) is 51.4 Å². The first-order valence-electron chi connectivity index (χ1n) is 8.73. The summed E-state index contributed by atoms with van der Waals surface area (Å²) in [6.45, 7) is 1.56. The van der Waals surface area contributed by atoms with E-state index in [1.54, 1.807) is 0 Å². The topological polar surface area (TPSA) is 40.6 Å². The van der Waals surface area contributed by atoms with Crippen LogP contribution in [0.4, 0.5) is 0 Å². The largest absolute Gasteiger partial charge is 0.301 e. The summed E-state index contributed by atoms with van der Waals surface area (Å²) >= 11 is 0. The summed E-state index contributed by atoms with van der Waals surface area (Å²) in [5.74, 6) is 0.434. The van der Waals surface area contributed by atoms with E-state index in [1.165, 1.54) is 0 Å². The van der Waals surface area contributed by atoms with E-state index in [2.05, 4.69) is 12.1 Å². The van der Waals surface area contributed by atoms with Crippen LogP contribution < -0.4 is 5.30 Å². The van der Waals surface area contributed by atoms with Gasteiger partial charge in [-0.1, -0.05) is 43.2 Å². The average molecular weight is 332 g/mol. The maximum absolute atomic E-state index is 12.7. The average Bonchev–Trinajstić information content (AvgIpc) is 2.91. The first-order chi connectivity index (χ1) is 11.3. The van der Waals surface area contributed by atoms with E-state index in [9.17, 15) is 9.59 Å². The number of hydrogen-bond donors (Lipinski definition) is 0. The van der Waals surface area contributed by atoms with Crippen molar-refractivity contribution >= 4 is 25.3 Å². The van der Waals surface area contributed by atoms with Crippen molar-refractivity contribution in [3.63, 3.8) is 0 Å². The smallest absolute Gasteiger partial charge is 0.227 e. The van der Waals surface area contributed by atoms with Gasteiger partial charge >= 0.3 is 0 Å². The van der Waals surface area contributed by atoms with E-state index >= 15 is 0 Å². The lowest BCUT2D eigenvalue weighted by molar-refractivity contribution is -0.127. The van der Waals surface area contributed by atoms with Crippen molar-refractivity contribution in [3.8, 4) is 0 Å². The molecule has 1 aromatic carbocycles. The van der Waals surface area contributed by atoms with Crippen molar-refractivity contribution in [2.45, 2.75) is 51.4 Å². The van der Waals surface area contributed by atoms with Gasteiger partial charge in [0.05, 0.1) is 0 Å². The summed E-state index contributed by atoms with van der Waals surface area (Å²) < 4.78 is 4.03. The molecule has 0 atom stereocenters. The van der Waals surface area contributed by atoms with E-state index < -0.39 is 8.22 Å². The van der Waals surface area contributed by atoms with Crippen LogP contribution >= 0.6 is 8.22 Å². The summed E-state index contributed by atoms with van der Waals surface area (Å²) in [5, 5.41) is 1.12. The van der Waals surface area contributed by atoms with E-state index in [-0.39, 0.29) is 11.8 Å². The van der Waals surface area contributed by atoms with Crippen molar-refractivity contribution in [3.05, 3.63) is 30.3 Å². The molecule has 124 valence electrons. The van der Waals surface area contributed by atoms with Crippen molar-refractivity contribution in [2.24, 2.45) is 0 Å². The Bertz CT molecular complexity index is 519. The second-order valence-electron chi connectivity index (χ2n) is 6.28. The minimum Gasteiger partial charge on any atom is -0.301 e. The lowest BCUT2D eigenvalue weighted by Gasteiger charge is -2.38. The van der Waals surface area contributed by atoms with Crippen molar-refractivity contribution < 1.29 is 9.59 Å². The van der Waals surface area contributed by atoms with E-state index in [0.29, 0.717) is 12.8 Å². The number of amides is 2. The summed E-state index contributed by atoms with van der Waals surface area (Å²) in [6.07, 6.45) is 7.48. The highest BCUT2D eigenvalue weighted by atomic mass is 31.1. The summed E-state index contributed by atoms with van der Waals surface area (Å²) in [5.41, 5.74) is 0. The molecule has 2 amide bonds. The fourth-order valence-corrected chi connectivity index (χ4v) is 5.85. The molecule has 2 saturated heterocycles. The summed E-state index contributed by atoms with van der Waals surface area (Å²) in [6, 6.07) is 10.2.